The van der Waals surface area contributed by atoms with Crippen LogP contribution >= 0.6 is 0 Å². The van der Waals surface area contributed by atoms with E-state index < -0.39 is 0 Å². The van der Waals surface area contributed by atoms with Gasteiger partial charge in [-0.05, 0) is 29.7 Å². The molecule has 1 aromatic heterocycles. The van der Waals surface area contributed by atoms with Gasteiger partial charge in [-0.1, -0.05) is 43.0 Å². The van der Waals surface area contributed by atoms with E-state index in [2.05, 4.69) is 42.0 Å². The van der Waals surface area contributed by atoms with Gasteiger partial charge in [0.2, 0.25) is 0 Å². The molecule has 0 aliphatic heterocycles. The summed E-state index contributed by atoms with van der Waals surface area (Å²) < 4.78 is 0. The molecule has 1 aromatic carbocycles. The molecule has 0 saturated carbocycles. The van der Waals surface area contributed by atoms with Crippen molar-refractivity contribution < 1.29 is 0 Å². The number of pyridine rings is 1. The van der Waals surface area contributed by atoms with Gasteiger partial charge in [-0.15, -0.1) is 0 Å². The number of nitrogens with zero attached hydrogens (tertiary/aromatic N) is 1. The highest BCUT2D eigenvalue weighted by molar-refractivity contribution is 5.64. The smallest absolute Gasteiger partial charge is 0.0315 e. The predicted molar refractivity (Wildman–Crippen MR) is 76.1 cm³/mol. The zero-order valence-corrected chi connectivity index (χ0v) is 10.6. The standard InChI is InChI=1S/C16H18N2/c1-13(15-7-4-3-5-8-15)11-18-14(2)16-9-6-10-17-12-16/h3-10,12,14,18H,1,11H2,2H3. The van der Waals surface area contributed by atoms with Gasteiger partial charge in [-0.3, -0.25) is 4.98 Å². The lowest BCUT2D eigenvalue weighted by atomic mass is 10.1. The number of nitrogens with one attached hydrogen (secondary N) is 1. The zero-order chi connectivity index (χ0) is 12.8. The Hall–Kier alpha value is -1.93. The maximum Gasteiger partial charge on any atom is 0.0315 e. The summed E-state index contributed by atoms with van der Waals surface area (Å²) in [6.07, 6.45) is 3.68. The molecule has 2 nitrogen and oxygen atoms in total. The summed E-state index contributed by atoms with van der Waals surface area (Å²) in [5, 5.41) is 3.46. The van der Waals surface area contributed by atoms with E-state index in [-0.39, 0.29) is 6.04 Å². The Balaban J connectivity index is 1.91. The number of rotatable bonds is 5. The molecule has 92 valence electrons. The van der Waals surface area contributed by atoms with E-state index in [9.17, 15) is 0 Å². The van der Waals surface area contributed by atoms with Crippen LogP contribution < -0.4 is 5.32 Å². The highest BCUT2D eigenvalue weighted by atomic mass is 14.9. The van der Waals surface area contributed by atoms with Crippen LogP contribution in [0, 0.1) is 0 Å². The van der Waals surface area contributed by atoms with Crippen molar-refractivity contribution in [3.8, 4) is 0 Å². The molecule has 1 heterocycles. The average Bonchev–Trinajstić information content (AvgIpc) is 2.46. The van der Waals surface area contributed by atoms with Crippen molar-refractivity contribution >= 4 is 5.57 Å². The van der Waals surface area contributed by atoms with Crippen molar-refractivity contribution in [1.29, 1.82) is 0 Å². The normalized spacial score (nSPS) is 12.1. The van der Waals surface area contributed by atoms with E-state index in [1.54, 1.807) is 6.20 Å². The van der Waals surface area contributed by atoms with Crippen LogP contribution in [0.2, 0.25) is 0 Å². The SMILES string of the molecule is C=C(CNC(C)c1cccnc1)c1ccccc1. The van der Waals surface area contributed by atoms with E-state index >= 15 is 0 Å². The predicted octanol–water partition coefficient (Wildman–Crippen LogP) is 3.45. The molecule has 0 radical (unpaired) electrons. The molecule has 0 bridgehead atoms. The zero-order valence-electron chi connectivity index (χ0n) is 10.6. The minimum Gasteiger partial charge on any atom is -0.306 e. The van der Waals surface area contributed by atoms with E-state index in [1.807, 2.05) is 30.5 Å². The Labute approximate surface area is 108 Å². The Bertz CT molecular complexity index is 491. The minimum atomic E-state index is 0.277. The summed E-state index contributed by atoms with van der Waals surface area (Å²) in [6.45, 7) is 7.02. The molecular formula is C16H18N2. The first-order valence-electron chi connectivity index (χ1n) is 6.14. The first-order valence-corrected chi connectivity index (χ1v) is 6.14. The number of hydrogen-bond donors (Lipinski definition) is 1. The van der Waals surface area contributed by atoms with Gasteiger partial charge in [0.25, 0.3) is 0 Å². The average molecular weight is 238 g/mol. The fraction of sp³-hybridized carbons (Fsp3) is 0.188. The third kappa shape index (κ3) is 3.28. The van der Waals surface area contributed by atoms with Crippen LogP contribution in [0.5, 0.6) is 0 Å². The van der Waals surface area contributed by atoms with Gasteiger partial charge in [0, 0.05) is 25.0 Å². The van der Waals surface area contributed by atoms with Crippen LogP contribution in [-0.2, 0) is 0 Å². The van der Waals surface area contributed by atoms with Crippen molar-refractivity contribution in [2.75, 3.05) is 6.54 Å². The number of aromatic nitrogens is 1. The van der Waals surface area contributed by atoms with Crippen molar-refractivity contribution in [1.82, 2.24) is 10.3 Å². The van der Waals surface area contributed by atoms with Crippen LogP contribution in [0.1, 0.15) is 24.1 Å². The van der Waals surface area contributed by atoms with Gasteiger partial charge < -0.3 is 5.32 Å². The Morgan fingerprint density at radius 3 is 2.67 bits per heavy atom. The minimum absolute atomic E-state index is 0.277. The van der Waals surface area contributed by atoms with Crippen molar-refractivity contribution in [2.24, 2.45) is 0 Å². The van der Waals surface area contributed by atoms with Crippen LogP contribution in [0.15, 0.2) is 61.4 Å². The maximum absolute atomic E-state index is 4.13. The second-order valence-corrected chi connectivity index (χ2v) is 4.36. The van der Waals surface area contributed by atoms with Crippen LogP contribution in [0.3, 0.4) is 0 Å². The summed E-state index contributed by atoms with van der Waals surface area (Å²) in [5.74, 6) is 0. The summed E-state index contributed by atoms with van der Waals surface area (Å²) in [4.78, 5) is 4.13. The molecule has 2 rings (SSSR count). The second-order valence-electron chi connectivity index (χ2n) is 4.36. The molecule has 0 fully saturated rings. The molecule has 0 amide bonds. The van der Waals surface area contributed by atoms with Gasteiger partial charge in [0.15, 0.2) is 0 Å². The molecule has 1 atom stereocenters. The maximum atomic E-state index is 4.13. The molecular weight excluding hydrogens is 220 g/mol. The molecule has 2 heteroatoms. The van der Waals surface area contributed by atoms with Gasteiger partial charge in [-0.2, -0.15) is 0 Å². The molecule has 2 aromatic rings. The third-order valence-electron chi connectivity index (χ3n) is 2.99. The lowest BCUT2D eigenvalue weighted by Gasteiger charge is -2.15. The molecule has 0 spiro atoms. The van der Waals surface area contributed by atoms with E-state index in [4.69, 9.17) is 0 Å². The Morgan fingerprint density at radius 2 is 2.00 bits per heavy atom. The molecule has 1 unspecified atom stereocenters. The number of benzene rings is 1. The monoisotopic (exact) mass is 238 g/mol. The molecule has 0 aliphatic carbocycles. The third-order valence-corrected chi connectivity index (χ3v) is 2.99. The Morgan fingerprint density at radius 1 is 1.22 bits per heavy atom. The van der Waals surface area contributed by atoms with Gasteiger partial charge in [0.05, 0.1) is 0 Å². The van der Waals surface area contributed by atoms with Crippen LogP contribution in [0.4, 0.5) is 0 Å². The van der Waals surface area contributed by atoms with Crippen LogP contribution in [-0.4, -0.2) is 11.5 Å². The summed E-state index contributed by atoms with van der Waals surface area (Å²) in [6, 6.07) is 14.6. The van der Waals surface area contributed by atoms with Gasteiger partial charge in [-0.25, -0.2) is 0 Å². The highest BCUT2D eigenvalue weighted by Crippen LogP contribution is 2.14. The first-order chi connectivity index (χ1) is 8.77. The second kappa shape index (κ2) is 6.12. The molecule has 0 aliphatic rings. The highest BCUT2D eigenvalue weighted by Gasteiger charge is 2.05. The van der Waals surface area contributed by atoms with Gasteiger partial charge >= 0.3 is 0 Å². The Kier molecular flexibility index (Phi) is 4.26. The summed E-state index contributed by atoms with van der Waals surface area (Å²) in [7, 11) is 0. The lowest BCUT2D eigenvalue weighted by molar-refractivity contribution is 0.620. The van der Waals surface area contributed by atoms with E-state index in [0.717, 1.165) is 12.1 Å². The summed E-state index contributed by atoms with van der Waals surface area (Å²) >= 11 is 0. The van der Waals surface area contributed by atoms with Crippen molar-refractivity contribution in [3.05, 3.63) is 72.6 Å². The van der Waals surface area contributed by atoms with Crippen LogP contribution in [0.25, 0.3) is 5.57 Å². The summed E-state index contributed by atoms with van der Waals surface area (Å²) in [5.41, 5.74) is 3.48. The fourth-order valence-corrected chi connectivity index (χ4v) is 1.80. The van der Waals surface area contributed by atoms with Crippen molar-refractivity contribution in [2.45, 2.75) is 13.0 Å². The fourth-order valence-electron chi connectivity index (χ4n) is 1.80. The molecule has 0 saturated heterocycles. The largest absolute Gasteiger partial charge is 0.306 e. The number of hydrogen-bond acceptors (Lipinski definition) is 2. The van der Waals surface area contributed by atoms with E-state index in [0.29, 0.717) is 0 Å². The molecule has 1 N–H and O–H groups in total. The van der Waals surface area contributed by atoms with Crippen molar-refractivity contribution in [3.63, 3.8) is 0 Å². The molecule has 18 heavy (non-hydrogen) atoms. The quantitative estimate of drug-likeness (QED) is 0.863. The lowest BCUT2D eigenvalue weighted by Crippen LogP contribution is -2.20. The topological polar surface area (TPSA) is 24.9 Å². The van der Waals surface area contributed by atoms with E-state index in [1.165, 1.54) is 11.1 Å². The van der Waals surface area contributed by atoms with Gasteiger partial charge in [0.1, 0.15) is 0 Å². The first kappa shape index (κ1) is 12.5.